The fourth-order valence-corrected chi connectivity index (χ4v) is 2.52. The number of carbonyl (C=O) groups is 2. The minimum absolute atomic E-state index is 0.00462. The Labute approximate surface area is 170 Å². The van der Waals surface area contributed by atoms with Crippen LogP contribution in [0.1, 0.15) is 29.8 Å². The number of amides is 1. The molecule has 0 spiro atoms. The van der Waals surface area contributed by atoms with E-state index in [4.69, 9.17) is 17.0 Å². The first kappa shape index (κ1) is 24.0. The van der Waals surface area contributed by atoms with Gasteiger partial charge in [-0.25, -0.2) is 4.31 Å². The van der Waals surface area contributed by atoms with Gasteiger partial charge >= 0.3 is 6.18 Å². The number of ketones is 1. The van der Waals surface area contributed by atoms with Crippen LogP contribution in [0.2, 0.25) is 5.02 Å². The van der Waals surface area contributed by atoms with Gasteiger partial charge in [0, 0.05) is 36.9 Å². The number of alkyl halides is 3. The second-order valence-corrected chi connectivity index (χ2v) is 7.27. The predicted octanol–water partition coefficient (Wildman–Crippen LogP) is 3.58. The number of hydrogen-bond donors (Lipinski definition) is 3. The molecule has 1 aromatic rings. The molecule has 28 heavy (non-hydrogen) atoms. The van der Waals surface area contributed by atoms with Gasteiger partial charge in [0.15, 0.2) is 0 Å². The van der Waals surface area contributed by atoms with Crippen LogP contribution < -0.4 is 10.0 Å². The third-order valence-electron chi connectivity index (χ3n) is 3.61. The molecule has 0 aliphatic heterocycles. The highest BCUT2D eigenvalue weighted by molar-refractivity contribution is 7.95. The van der Waals surface area contributed by atoms with E-state index < -0.39 is 29.3 Å². The zero-order valence-corrected chi connectivity index (χ0v) is 17.1. The molecule has 3 N–H and O–H groups in total. The molecule has 0 bridgehead atoms. The van der Waals surface area contributed by atoms with Gasteiger partial charge in [-0.15, -0.1) is 0 Å². The number of allylic oxidation sites excluding steroid dienone is 2. The van der Waals surface area contributed by atoms with Crippen LogP contribution in [0.3, 0.4) is 0 Å². The van der Waals surface area contributed by atoms with Crippen LogP contribution in [0.5, 0.6) is 0 Å². The summed E-state index contributed by atoms with van der Waals surface area (Å²) in [6.45, 7) is 3.85. The predicted molar refractivity (Wildman–Crippen MR) is 104 cm³/mol. The number of benzene rings is 1. The summed E-state index contributed by atoms with van der Waals surface area (Å²) in [5.74, 6) is -1.73. The number of nitrogens with one attached hydrogen (secondary N) is 3. The highest BCUT2D eigenvalue weighted by atomic mass is 35.5. The second-order valence-electron chi connectivity index (χ2n) is 5.90. The van der Waals surface area contributed by atoms with Crippen LogP contribution in [0, 0.1) is 5.41 Å². The third kappa shape index (κ3) is 6.54. The Kier molecular flexibility index (Phi) is 8.52. The van der Waals surface area contributed by atoms with Gasteiger partial charge in [0.05, 0.1) is 10.6 Å². The molecule has 0 radical (unpaired) electrons. The molecule has 0 saturated heterocycles. The number of hydrogen-bond acceptors (Lipinski definition) is 6. The van der Waals surface area contributed by atoms with Gasteiger partial charge in [0.1, 0.15) is 11.4 Å². The van der Waals surface area contributed by atoms with Crippen molar-refractivity contribution in [2.24, 2.45) is 0 Å². The molecule has 0 aliphatic carbocycles. The molecule has 0 saturated carbocycles. The van der Waals surface area contributed by atoms with E-state index in [-0.39, 0.29) is 22.2 Å². The van der Waals surface area contributed by atoms with Gasteiger partial charge < -0.3 is 5.32 Å². The number of halogens is 4. The fourth-order valence-electron chi connectivity index (χ4n) is 1.77. The molecule has 154 valence electrons. The van der Waals surface area contributed by atoms with Crippen molar-refractivity contribution < 1.29 is 22.8 Å². The molecule has 0 heterocycles. The van der Waals surface area contributed by atoms with E-state index in [0.717, 1.165) is 19.2 Å². The first-order valence-corrected chi connectivity index (χ1v) is 9.13. The molecule has 6 nitrogen and oxygen atoms in total. The average Bonchev–Trinajstić information content (AvgIpc) is 2.62. The summed E-state index contributed by atoms with van der Waals surface area (Å²) in [5, 5.41) is 9.83. The smallest absolute Gasteiger partial charge is 0.384 e. The maximum absolute atomic E-state index is 12.7. The van der Waals surface area contributed by atoms with E-state index in [9.17, 15) is 22.8 Å². The van der Waals surface area contributed by atoms with E-state index >= 15 is 0 Å². The zero-order valence-electron chi connectivity index (χ0n) is 15.6. The van der Waals surface area contributed by atoms with Crippen molar-refractivity contribution in [3.63, 3.8) is 0 Å². The maximum Gasteiger partial charge on any atom is 0.431 e. The minimum atomic E-state index is -4.75. The Morgan fingerprint density at radius 3 is 2.43 bits per heavy atom. The Bertz CT molecular complexity index is 797. The monoisotopic (exact) mass is 436 g/mol. The van der Waals surface area contributed by atoms with Gasteiger partial charge in [-0.3, -0.25) is 19.7 Å². The summed E-state index contributed by atoms with van der Waals surface area (Å²) in [6.07, 6.45) is -4.46. The van der Waals surface area contributed by atoms with Gasteiger partial charge in [-0.2, -0.15) is 13.2 Å². The lowest BCUT2D eigenvalue weighted by atomic mass is 10.0. The summed E-state index contributed by atoms with van der Waals surface area (Å²) in [4.78, 5) is 24.4. The number of carbonyl (C=O) groups excluding carboxylic acids is 2. The Morgan fingerprint density at radius 2 is 1.93 bits per heavy atom. The molecule has 0 aliphatic rings. The molecule has 0 unspecified atom stereocenters. The normalized spacial score (nSPS) is 12.3. The number of rotatable bonds is 8. The van der Waals surface area contributed by atoms with Crippen LogP contribution >= 0.6 is 23.7 Å². The standard InChI is InChI=1S/C17H20ClF3N4O2S/c1-9(2)25(4)28-24-16(27)11-7-10(5-6-12(11)18)15(22)13(26)8-14(23-3)17(19,20)21/h5-9,22-23H,1-4H3,(H,24,27)/b14-8-,22-15?. The van der Waals surface area contributed by atoms with Crippen molar-refractivity contribution in [1.29, 1.82) is 5.41 Å². The summed E-state index contributed by atoms with van der Waals surface area (Å²) < 4.78 is 42.6. The van der Waals surface area contributed by atoms with Crippen molar-refractivity contribution in [3.8, 4) is 0 Å². The van der Waals surface area contributed by atoms with Crippen molar-refractivity contribution in [1.82, 2.24) is 14.3 Å². The van der Waals surface area contributed by atoms with Crippen LogP contribution in [0.15, 0.2) is 30.0 Å². The van der Waals surface area contributed by atoms with Crippen LogP contribution in [0.25, 0.3) is 0 Å². The first-order valence-electron chi connectivity index (χ1n) is 7.98. The van der Waals surface area contributed by atoms with Crippen LogP contribution in [-0.2, 0) is 4.79 Å². The average molecular weight is 437 g/mol. The fraction of sp³-hybridized carbons (Fsp3) is 0.353. The van der Waals surface area contributed by atoms with E-state index in [0.29, 0.717) is 6.08 Å². The third-order valence-corrected chi connectivity index (χ3v) is 4.92. The molecule has 1 amide bonds. The maximum atomic E-state index is 12.7. The van der Waals surface area contributed by atoms with Crippen molar-refractivity contribution in [3.05, 3.63) is 46.1 Å². The Hall–Kier alpha value is -2.04. The van der Waals surface area contributed by atoms with Gasteiger partial charge in [-0.1, -0.05) is 17.7 Å². The van der Waals surface area contributed by atoms with Crippen LogP contribution in [-0.4, -0.2) is 48.0 Å². The van der Waals surface area contributed by atoms with E-state index in [1.807, 2.05) is 19.2 Å². The molecule has 0 atom stereocenters. The summed E-state index contributed by atoms with van der Waals surface area (Å²) in [7, 11) is 2.79. The van der Waals surface area contributed by atoms with Crippen molar-refractivity contribution in [2.45, 2.75) is 26.1 Å². The van der Waals surface area contributed by atoms with E-state index in [2.05, 4.69) is 4.72 Å². The van der Waals surface area contributed by atoms with Crippen molar-refractivity contribution in [2.75, 3.05) is 14.1 Å². The lowest BCUT2D eigenvalue weighted by Gasteiger charge is -2.19. The highest BCUT2D eigenvalue weighted by Crippen LogP contribution is 2.24. The van der Waals surface area contributed by atoms with Crippen molar-refractivity contribution >= 4 is 41.1 Å². The van der Waals surface area contributed by atoms with E-state index in [1.165, 1.54) is 18.2 Å². The van der Waals surface area contributed by atoms with E-state index in [1.54, 1.807) is 11.4 Å². The van der Waals surface area contributed by atoms with Crippen LogP contribution in [0.4, 0.5) is 13.2 Å². The first-order chi connectivity index (χ1) is 12.9. The lowest BCUT2D eigenvalue weighted by Crippen LogP contribution is -2.27. The summed E-state index contributed by atoms with van der Waals surface area (Å²) >= 11 is 7.05. The topological polar surface area (TPSA) is 85.3 Å². The molecule has 0 aromatic heterocycles. The molecular weight excluding hydrogens is 417 g/mol. The second kappa shape index (κ2) is 9.94. The number of nitrogens with zero attached hydrogens (tertiary/aromatic N) is 1. The van der Waals surface area contributed by atoms with Gasteiger partial charge in [0.2, 0.25) is 5.78 Å². The quantitative estimate of drug-likeness (QED) is 0.329. The lowest BCUT2D eigenvalue weighted by molar-refractivity contribution is -0.111. The molecule has 11 heteroatoms. The van der Waals surface area contributed by atoms with Gasteiger partial charge in [-0.05, 0) is 33.0 Å². The SMILES string of the molecule is CN/C(=C\C(=O)C(=N)c1ccc(Cl)c(C(=O)NSN(C)C(C)C)c1)C(F)(F)F. The summed E-state index contributed by atoms with van der Waals surface area (Å²) in [6, 6.07) is 3.93. The largest absolute Gasteiger partial charge is 0.431 e. The Balaban J connectivity index is 3.06. The van der Waals surface area contributed by atoms with Gasteiger partial charge in [0.25, 0.3) is 5.91 Å². The zero-order chi connectivity index (χ0) is 21.6. The molecule has 1 rings (SSSR count). The summed E-state index contributed by atoms with van der Waals surface area (Å²) in [5.41, 5.74) is -2.01. The highest BCUT2D eigenvalue weighted by Gasteiger charge is 2.34. The minimum Gasteiger partial charge on any atom is -0.384 e. The molecular formula is C17H20ClF3N4O2S. The molecule has 0 fully saturated rings. The molecule has 1 aromatic carbocycles. The Morgan fingerprint density at radius 1 is 1.32 bits per heavy atom.